The molecule has 2 heterocycles. The van der Waals surface area contributed by atoms with Gasteiger partial charge in [0.15, 0.2) is 10.8 Å². The molecule has 0 saturated heterocycles. The van der Waals surface area contributed by atoms with Gasteiger partial charge in [0.25, 0.3) is 5.56 Å². The normalized spacial score (nSPS) is 13.2. The zero-order valence-corrected chi connectivity index (χ0v) is 19.1. The maximum Gasteiger partial charge on any atom is 0.330 e. The number of aromatic nitrogens is 4. The van der Waals surface area contributed by atoms with Crippen LogP contribution in [0.4, 0.5) is 11.5 Å². The van der Waals surface area contributed by atoms with Crippen molar-refractivity contribution in [3.05, 3.63) is 69.1 Å². The predicted molar refractivity (Wildman–Crippen MR) is 127 cm³/mol. The first-order valence-electron chi connectivity index (χ1n) is 10.6. The molecule has 0 bridgehead atoms. The van der Waals surface area contributed by atoms with E-state index >= 15 is 0 Å². The number of nitrogens with zero attached hydrogens (tertiary/aromatic N) is 4. The van der Waals surface area contributed by atoms with Crippen LogP contribution in [0.3, 0.4) is 0 Å². The van der Waals surface area contributed by atoms with Gasteiger partial charge in [-0.25, -0.2) is 9.78 Å². The molecule has 0 atom stereocenters. The number of anilines is 2. The van der Waals surface area contributed by atoms with E-state index in [0.717, 1.165) is 23.6 Å². The number of methoxy groups -OCH3 is 1. The van der Waals surface area contributed by atoms with Gasteiger partial charge >= 0.3 is 5.69 Å². The van der Waals surface area contributed by atoms with Gasteiger partial charge in [0.05, 0.1) is 18.9 Å². The lowest BCUT2D eigenvalue weighted by Crippen LogP contribution is -2.43. The van der Waals surface area contributed by atoms with E-state index in [1.807, 2.05) is 36.5 Å². The Hall–Kier alpha value is -3.31. The van der Waals surface area contributed by atoms with Crippen LogP contribution in [0.2, 0.25) is 0 Å². The van der Waals surface area contributed by atoms with Gasteiger partial charge in [0.2, 0.25) is 5.91 Å². The summed E-state index contributed by atoms with van der Waals surface area (Å²) < 4.78 is 8.47. The van der Waals surface area contributed by atoms with Crippen molar-refractivity contribution in [1.82, 2.24) is 19.1 Å². The maximum absolute atomic E-state index is 13.2. The van der Waals surface area contributed by atoms with E-state index < -0.39 is 11.2 Å². The number of amides is 1. The molecule has 0 aliphatic heterocycles. The minimum absolute atomic E-state index is 0.0567. The van der Waals surface area contributed by atoms with Gasteiger partial charge in [-0.1, -0.05) is 42.1 Å². The molecule has 1 saturated carbocycles. The number of ether oxygens (including phenoxy) is 1. The molecule has 1 aliphatic rings. The Morgan fingerprint density at radius 2 is 2.06 bits per heavy atom. The Kier molecular flexibility index (Phi) is 6.99. The second-order valence-corrected chi connectivity index (χ2v) is 8.68. The van der Waals surface area contributed by atoms with Gasteiger partial charge in [0, 0.05) is 32.1 Å². The summed E-state index contributed by atoms with van der Waals surface area (Å²) in [5.41, 5.74) is 5.72. The van der Waals surface area contributed by atoms with E-state index in [1.54, 1.807) is 6.20 Å². The van der Waals surface area contributed by atoms with Gasteiger partial charge in [-0.15, -0.1) is 0 Å². The number of aromatic amines is 1. The van der Waals surface area contributed by atoms with Crippen LogP contribution in [0.1, 0.15) is 24.4 Å². The summed E-state index contributed by atoms with van der Waals surface area (Å²) >= 11 is 1.31. The van der Waals surface area contributed by atoms with E-state index in [2.05, 4.69) is 14.5 Å². The quantitative estimate of drug-likeness (QED) is 0.429. The van der Waals surface area contributed by atoms with Crippen molar-refractivity contribution in [3.8, 4) is 0 Å². The Bertz CT molecular complexity index is 1230. The third kappa shape index (κ3) is 5.20. The molecule has 33 heavy (non-hydrogen) atoms. The van der Waals surface area contributed by atoms with E-state index in [4.69, 9.17) is 10.5 Å². The number of nitrogens with two attached hydrogens (primary N) is 1. The molecule has 0 radical (unpaired) electrons. The van der Waals surface area contributed by atoms with Crippen LogP contribution >= 0.6 is 11.8 Å². The number of nitrogens with one attached hydrogen (secondary N) is 1. The van der Waals surface area contributed by atoms with Gasteiger partial charge in [-0.2, -0.15) is 0 Å². The van der Waals surface area contributed by atoms with Gasteiger partial charge in [0.1, 0.15) is 5.82 Å². The van der Waals surface area contributed by atoms with Crippen LogP contribution < -0.4 is 21.9 Å². The number of imidazole rings is 1. The number of carbonyl (C=O) groups is 1. The molecule has 10 nitrogen and oxygen atoms in total. The fourth-order valence-electron chi connectivity index (χ4n) is 3.55. The van der Waals surface area contributed by atoms with Gasteiger partial charge in [-0.3, -0.25) is 19.1 Å². The molecule has 1 fully saturated rings. The zero-order chi connectivity index (χ0) is 23.4. The third-order valence-electron chi connectivity index (χ3n) is 5.39. The standard InChI is InChI=1S/C22H26N6O4S/c1-32-12-11-27(17(29)14-33-22-24-9-10-26(22)16-7-8-16)18-19(23)28(21(31)25-20(18)30)13-15-5-3-2-4-6-15/h2-6,9-10,16H,7-8,11-14,23H2,1H3,(H,25,30,31). The highest BCUT2D eigenvalue weighted by molar-refractivity contribution is 7.99. The molecule has 3 N–H and O–H groups in total. The number of H-pyrrole nitrogens is 1. The number of hydrogen-bond acceptors (Lipinski definition) is 7. The summed E-state index contributed by atoms with van der Waals surface area (Å²) in [5, 5.41) is 0.758. The molecule has 0 spiro atoms. The number of benzene rings is 1. The van der Waals surface area contributed by atoms with E-state index in [9.17, 15) is 14.4 Å². The van der Waals surface area contributed by atoms with Crippen LogP contribution in [-0.4, -0.2) is 51.0 Å². The first-order chi connectivity index (χ1) is 16.0. The summed E-state index contributed by atoms with van der Waals surface area (Å²) in [4.78, 5) is 46.4. The number of thioether (sulfide) groups is 1. The average Bonchev–Trinajstić information content (AvgIpc) is 3.55. The second-order valence-electron chi connectivity index (χ2n) is 7.74. The van der Waals surface area contributed by atoms with Crippen molar-refractivity contribution in [2.45, 2.75) is 30.6 Å². The molecule has 174 valence electrons. The van der Waals surface area contributed by atoms with Crippen LogP contribution in [-0.2, 0) is 16.1 Å². The van der Waals surface area contributed by atoms with Crippen molar-refractivity contribution in [1.29, 1.82) is 0 Å². The van der Waals surface area contributed by atoms with Crippen molar-refractivity contribution < 1.29 is 9.53 Å². The summed E-state index contributed by atoms with van der Waals surface area (Å²) in [5.74, 6) is -0.338. The highest BCUT2D eigenvalue weighted by Gasteiger charge is 2.27. The van der Waals surface area contributed by atoms with E-state index in [1.165, 1.54) is 28.3 Å². The smallest absolute Gasteiger partial charge is 0.330 e. The van der Waals surface area contributed by atoms with E-state index in [-0.39, 0.29) is 42.9 Å². The van der Waals surface area contributed by atoms with E-state index in [0.29, 0.717) is 6.04 Å². The molecule has 1 aliphatic carbocycles. The van der Waals surface area contributed by atoms with Crippen LogP contribution in [0.25, 0.3) is 0 Å². The molecule has 3 aromatic rings. The summed E-state index contributed by atoms with van der Waals surface area (Å²) in [7, 11) is 1.51. The third-order valence-corrected chi connectivity index (χ3v) is 6.35. The molecule has 1 amide bonds. The molecule has 1 aromatic carbocycles. The second kappa shape index (κ2) is 10.1. The summed E-state index contributed by atoms with van der Waals surface area (Å²) in [6.07, 6.45) is 5.84. The average molecular weight is 471 g/mol. The van der Waals surface area contributed by atoms with Gasteiger partial charge in [-0.05, 0) is 18.4 Å². The minimum atomic E-state index is -0.712. The highest BCUT2D eigenvalue weighted by Crippen LogP contribution is 2.37. The Morgan fingerprint density at radius 1 is 1.30 bits per heavy atom. The number of carbonyl (C=O) groups excluding carboxylic acids is 1. The number of nitrogen functional groups attached to an aromatic ring is 1. The largest absolute Gasteiger partial charge is 0.383 e. The first-order valence-corrected chi connectivity index (χ1v) is 11.6. The van der Waals surface area contributed by atoms with Crippen LogP contribution in [0, 0.1) is 0 Å². The maximum atomic E-state index is 13.2. The lowest BCUT2D eigenvalue weighted by Gasteiger charge is -2.24. The lowest BCUT2D eigenvalue weighted by molar-refractivity contribution is -0.116. The Balaban J connectivity index is 1.62. The fourth-order valence-corrected chi connectivity index (χ4v) is 4.45. The van der Waals surface area contributed by atoms with Crippen molar-refractivity contribution in [2.75, 3.05) is 36.6 Å². The van der Waals surface area contributed by atoms with Gasteiger partial charge < -0.3 is 19.9 Å². The topological polar surface area (TPSA) is 128 Å². The molecule has 11 heteroatoms. The zero-order valence-electron chi connectivity index (χ0n) is 18.3. The van der Waals surface area contributed by atoms with Crippen LogP contribution in [0.15, 0.2) is 57.5 Å². The molecule has 2 aromatic heterocycles. The molecule has 4 rings (SSSR count). The SMILES string of the molecule is COCCN(C(=O)CSc1nccn1C1CC1)c1c(N)n(Cc2ccccc2)c(=O)[nH]c1=O. The number of hydrogen-bond donors (Lipinski definition) is 2. The molecular weight excluding hydrogens is 444 g/mol. The Labute approximate surface area is 194 Å². The first kappa shape index (κ1) is 22.9. The number of rotatable bonds is 10. The molecule has 0 unspecified atom stereocenters. The fraction of sp³-hybridized carbons (Fsp3) is 0.364. The van der Waals surface area contributed by atoms with Crippen LogP contribution in [0.5, 0.6) is 0 Å². The minimum Gasteiger partial charge on any atom is -0.383 e. The predicted octanol–water partition coefficient (Wildman–Crippen LogP) is 1.47. The lowest BCUT2D eigenvalue weighted by atomic mass is 10.2. The van der Waals surface area contributed by atoms with Crippen molar-refractivity contribution >= 4 is 29.2 Å². The van der Waals surface area contributed by atoms with Crippen molar-refractivity contribution in [2.24, 2.45) is 0 Å². The van der Waals surface area contributed by atoms with Crippen molar-refractivity contribution in [3.63, 3.8) is 0 Å². The monoisotopic (exact) mass is 470 g/mol. The summed E-state index contributed by atoms with van der Waals surface area (Å²) in [6, 6.07) is 9.70. The summed E-state index contributed by atoms with van der Waals surface area (Å²) in [6.45, 7) is 0.475. The molecular formula is C22H26N6O4S. The highest BCUT2D eigenvalue weighted by atomic mass is 32.2. The Morgan fingerprint density at radius 3 is 2.76 bits per heavy atom.